The Labute approximate surface area is 141 Å². The average molecular weight is 404 g/mol. The van der Waals surface area contributed by atoms with E-state index in [1.54, 1.807) is 18.2 Å². The minimum absolute atomic E-state index is 0.137. The first kappa shape index (κ1) is 16.8. The van der Waals surface area contributed by atoms with Gasteiger partial charge in [0, 0.05) is 15.2 Å². The summed E-state index contributed by atoms with van der Waals surface area (Å²) in [6.45, 7) is 0. The molecule has 116 valence electrons. The van der Waals surface area contributed by atoms with Gasteiger partial charge in [0.1, 0.15) is 0 Å². The lowest BCUT2D eigenvalue weighted by Crippen LogP contribution is -2.17. The lowest BCUT2D eigenvalue weighted by molar-refractivity contribution is 0.102. The number of hydrogen-bond acceptors (Lipinski definition) is 3. The molecule has 0 spiro atoms. The summed E-state index contributed by atoms with van der Waals surface area (Å²) in [6, 6.07) is 11.4. The summed E-state index contributed by atoms with van der Waals surface area (Å²) >= 11 is 9.21. The fourth-order valence-electron chi connectivity index (χ4n) is 1.76. The van der Waals surface area contributed by atoms with Gasteiger partial charge in [-0.2, -0.15) is 0 Å². The van der Waals surface area contributed by atoms with E-state index in [0.29, 0.717) is 10.7 Å². The molecule has 2 aromatic carbocycles. The van der Waals surface area contributed by atoms with E-state index in [2.05, 4.69) is 26.0 Å². The molecule has 22 heavy (non-hydrogen) atoms. The highest BCUT2D eigenvalue weighted by molar-refractivity contribution is 9.10. The highest BCUT2D eigenvalue weighted by Crippen LogP contribution is 2.23. The molecule has 0 unspecified atom stereocenters. The van der Waals surface area contributed by atoms with Crippen LogP contribution < -0.4 is 10.0 Å². The van der Waals surface area contributed by atoms with Crippen LogP contribution in [0.4, 0.5) is 11.4 Å². The van der Waals surface area contributed by atoms with E-state index >= 15 is 0 Å². The Bertz CT molecular complexity index is 825. The van der Waals surface area contributed by atoms with Crippen LogP contribution in [-0.2, 0) is 10.0 Å². The van der Waals surface area contributed by atoms with Gasteiger partial charge < -0.3 is 5.32 Å². The molecule has 2 rings (SSSR count). The highest BCUT2D eigenvalue weighted by atomic mass is 79.9. The van der Waals surface area contributed by atoms with Gasteiger partial charge in [-0.25, -0.2) is 8.42 Å². The van der Waals surface area contributed by atoms with Crippen molar-refractivity contribution in [2.45, 2.75) is 0 Å². The SMILES string of the molecule is CS(=O)(=O)Nc1ccc(Cl)cc1C(=O)Nc1cccc(Br)c1. The minimum Gasteiger partial charge on any atom is -0.322 e. The second kappa shape index (κ2) is 6.68. The van der Waals surface area contributed by atoms with Crippen LogP contribution in [0.2, 0.25) is 5.02 Å². The number of halogens is 2. The molecule has 0 heterocycles. The van der Waals surface area contributed by atoms with Crippen molar-refractivity contribution in [1.29, 1.82) is 0 Å². The Morgan fingerprint density at radius 2 is 1.91 bits per heavy atom. The first-order valence-electron chi connectivity index (χ1n) is 6.09. The molecule has 0 aliphatic rings. The number of amides is 1. The number of hydrogen-bond donors (Lipinski definition) is 2. The van der Waals surface area contributed by atoms with Gasteiger partial charge >= 0.3 is 0 Å². The van der Waals surface area contributed by atoms with Crippen LogP contribution in [0.25, 0.3) is 0 Å². The summed E-state index contributed by atoms with van der Waals surface area (Å²) in [5.74, 6) is -0.466. The number of carbonyl (C=O) groups excluding carboxylic acids is 1. The van der Waals surface area contributed by atoms with E-state index in [1.165, 1.54) is 18.2 Å². The minimum atomic E-state index is -3.51. The molecule has 0 fully saturated rings. The number of sulfonamides is 1. The van der Waals surface area contributed by atoms with Crippen LogP contribution in [0.3, 0.4) is 0 Å². The molecule has 0 atom stereocenters. The van der Waals surface area contributed by atoms with Crippen molar-refractivity contribution in [1.82, 2.24) is 0 Å². The molecule has 0 bridgehead atoms. The molecular formula is C14H12BrClN2O3S. The summed E-state index contributed by atoms with van der Waals surface area (Å²) < 4.78 is 25.9. The van der Waals surface area contributed by atoms with Crippen LogP contribution in [0.1, 0.15) is 10.4 Å². The summed E-state index contributed by atoms with van der Waals surface area (Å²) in [6.07, 6.45) is 1.01. The van der Waals surface area contributed by atoms with E-state index in [-0.39, 0.29) is 11.3 Å². The molecule has 0 aromatic heterocycles. The third kappa shape index (κ3) is 4.72. The van der Waals surface area contributed by atoms with Gasteiger partial charge in [0.05, 0.1) is 17.5 Å². The van der Waals surface area contributed by atoms with Crippen molar-refractivity contribution in [2.75, 3.05) is 16.3 Å². The third-order valence-electron chi connectivity index (χ3n) is 2.60. The maximum atomic E-state index is 12.4. The van der Waals surface area contributed by atoms with Gasteiger partial charge in [-0.1, -0.05) is 33.6 Å². The average Bonchev–Trinajstić information content (AvgIpc) is 2.39. The number of benzene rings is 2. The van der Waals surface area contributed by atoms with Crippen molar-refractivity contribution in [3.8, 4) is 0 Å². The maximum Gasteiger partial charge on any atom is 0.257 e. The Morgan fingerprint density at radius 1 is 1.18 bits per heavy atom. The van der Waals surface area contributed by atoms with Crippen molar-refractivity contribution in [3.05, 3.63) is 57.5 Å². The largest absolute Gasteiger partial charge is 0.322 e. The van der Waals surface area contributed by atoms with Gasteiger partial charge in [0.15, 0.2) is 0 Å². The quantitative estimate of drug-likeness (QED) is 0.817. The van der Waals surface area contributed by atoms with Gasteiger partial charge in [-0.05, 0) is 36.4 Å². The predicted octanol–water partition coefficient (Wildman–Crippen LogP) is 3.73. The Hall–Kier alpha value is -1.57. The molecular weight excluding hydrogens is 392 g/mol. The zero-order valence-electron chi connectivity index (χ0n) is 11.4. The van der Waals surface area contributed by atoms with Crippen molar-refractivity contribution in [2.24, 2.45) is 0 Å². The normalized spacial score (nSPS) is 11.0. The molecule has 0 radical (unpaired) electrons. The molecule has 0 aliphatic heterocycles. The van der Waals surface area contributed by atoms with E-state index in [0.717, 1.165) is 10.7 Å². The molecule has 2 N–H and O–H groups in total. The summed E-state index contributed by atoms with van der Waals surface area (Å²) in [5.41, 5.74) is 0.877. The fourth-order valence-corrected chi connectivity index (χ4v) is 2.91. The summed E-state index contributed by atoms with van der Waals surface area (Å²) in [4.78, 5) is 12.4. The van der Waals surface area contributed by atoms with Crippen molar-refractivity contribution >= 4 is 54.8 Å². The Morgan fingerprint density at radius 3 is 2.55 bits per heavy atom. The Balaban J connectivity index is 2.34. The monoisotopic (exact) mass is 402 g/mol. The van der Waals surface area contributed by atoms with Crippen LogP contribution >= 0.6 is 27.5 Å². The Kier molecular flexibility index (Phi) is 5.10. The van der Waals surface area contributed by atoms with Crippen molar-refractivity contribution < 1.29 is 13.2 Å². The van der Waals surface area contributed by atoms with Crippen LogP contribution in [0.15, 0.2) is 46.9 Å². The van der Waals surface area contributed by atoms with Crippen LogP contribution in [0.5, 0.6) is 0 Å². The van der Waals surface area contributed by atoms with Gasteiger partial charge in [-0.15, -0.1) is 0 Å². The molecule has 0 aliphatic carbocycles. The second-order valence-corrected chi connectivity index (χ2v) is 7.63. The second-order valence-electron chi connectivity index (χ2n) is 4.53. The predicted molar refractivity (Wildman–Crippen MR) is 92.0 cm³/mol. The first-order chi connectivity index (χ1) is 10.2. The van der Waals surface area contributed by atoms with Gasteiger partial charge in [-0.3, -0.25) is 9.52 Å². The van der Waals surface area contributed by atoms with Gasteiger partial charge in [0.2, 0.25) is 10.0 Å². The number of carbonyl (C=O) groups is 1. The molecule has 8 heteroatoms. The molecule has 5 nitrogen and oxygen atoms in total. The smallest absolute Gasteiger partial charge is 0.257 e. The zero-order valence-corrected chi connectivity index (χ0v) is 14.6. The van der Waals surface area contributed by atoms with E-state index < -0.39 is 15.9 Å². The highest BCUT2D eigenvalue weighted by Gasteiger charge is 2.15. The number of rotatable bonds is 4. The summed E-state index contributed by atoms with van der Waals surface area (Å²) in [7, 11) is -3.51. The molecule has 0 saturated carbocycles. The van der Waals surface area contributed by atoms with E-state index in [4.69, 9.17) is 11.6 Å². The zero-order chi connectivity index (χ0) is 16.3. The molecule has 1 amide bonds. The topological polar surface area (TPSA) is 75.3 Å². The first-order valence-corrected chi connectivity index (χ1v) is 9.15. The number of anilines is 2. The summed E-state index contributed by atoms with van der Waals surface area (Å²) in [5, 5.41) is 3.02. The molecule has 2 aromatic rings. The number of nitrogens with one attached hydrogen (secondary N) is 2. The van der Waals surface area contributed by atoms with Crippen LogP contribution in [-0.4, -0.2) is 20.6 Å². The van der Waals surface area contributed by atoms with Gasteiger partial charge in [0.25, 0.3) is 5.91 Å². The lowest BCUT2D eigenvalue weighted by Gasteiger charge is -2.12. The third-order valence-corrected chi connectivity index (χ3v) is 3.92. The lowest BCUT2D eigenvalue weighted by atomic mass is 10.1. The van der Waals surface area contributed by atoms with E-state index in [1.807, 2.05) is 6.07 Å². The maximum absolute atomic E-state index is 12.4. The standard InChI is InChI=1S/C14H12BrClN2O3S/c1-22(20,21)18-13-6-5-10(16)8-12(13)14(19)17-11-4-2-3-9(15)7-11/h2-8,18H,1H3,(H,17,19). The fraction of sp³-hybridized carbons (Fsp3) is 0.0714. The van der Waals surface area contributed by atoms with Crippen LogP contribution in [0, 0.1) is 0 Å². The molecule has 0 saturated heterocycles. The van der Waals surface area contributed by atoms with E-state index in [9.17, 15) is 13.2 Å². The van der Waals surface area contributed by atoms with Crippen molar-refractivity contribution in [3.63, 3.8) is 0 Å².